The predicted molar refractivity (Wildman–Crippen MR) is 85.5 cm³/mol. The molecule has 0 fully saturated rings. The third kappa shape index (κ3) is 3.92. The quantitative estimate of drug-likeness (QED) is 0.624. The van der Waals surface area contributed by atoms with Crippen LogP contribution >= 0.6 is 11.8 Å². The lowest BCUT2D eigenvalue weighted by atomic mass is 10.0. The van der Waals surface area contributed by atoms with Crippen molar-refractivity contribution in [2.75, 3.05) is 0 Å². The molecule has 2 rings (SSSR count). The van der Waals surface area contributed by atoms with Gasteiger partial charge in [0.2, 0.25) is 0 Å². The molecular formula is C17H14N2O4S. The van der Waals surface area contributed by atoms with Gasteiger partial charge in [-0.05, 0) is 42.8 Å². The monoisotopic (exact) mass is 342 g/mol. The Bertz CT molecular complexity index is 789. The fourth-order valence-electron chi connectivity index (χ4n) is 2.12. The number of nitrogens with zero attached hydrogens (tertiary/aromatic N) is 2. The van der Waals surface area contributed by atoms with Gasteiger partial charge in [0.15, 0.2) is 12.6 Å². The van der Waals surface area contributed by atoms with Crippen molar-refractivity contribution in [3.05, 3.63) is 58.1 Å². The summed E-state index contributed by atoms with van der Waals surface area (Å²) in [6.07, 6.45) is -3.52. The lowest BCUT2D eigenvalue weighted by molar-refractivity contribution is -0.0477. The third-order valence-corrected chi connectivity index (χ3v) is 4.35. The van der Waals surface area contributed by atoms with E-state index in [1.54, 1.807) is 19.1 Å². The number of aliphatic hydroxyl groups excluding tert-OH is 2. The summed E-state index contributed by atoms with van der Waals surface area (Å²) in [5.41, 5.74) is 1.55. The molecule has 0 spiro atoms. The van der Waals surface area contributed by atoms with E-state index in [1.165, 1.54) is 30.0 Å². The van der Waals surface area contributed by atoms with Crippen molar-refractivity contribution in [2.45, 2.75) is 29.3 Å². The maximum atomic E-state index is 9.32. The lowest BCUT2D eigenvalue weighted by Gasteiger charge is -2.12. The average Bonchev–Trinajstić information content (AvgIpc) is 2.55. The van der Waals surface area contributed by atoms with E-state index in [9.17, 15) is 20.4 Å². The first-order valence-electron chi connectivity index (χ1n) is 6.85. The number of benzene rings is 2. The molecule has 0 radical (unpaired) electrons. The van der Waals surface area contributed by atoms with E-state index in [1.807, 2.05) is 12.1 Å². The molecule has 6 nitrogen and oxygen atoms in total. The first-order chi connectivity index (χ1) is 11.3. The Morgan fingerprint density at radius 3 is 1.58 bits per heavy atom. The van der Waals surface area contributed by atoms with Crippen LogP contribution in [0.25, 0.3) is 0 Å². The molecule has 0 aliphatic heterocycles. The van der Waals surface area contributed by atoms with Crippen molar-refractivity contribution in [1.82, 2.24) is 0 Å². The predicted octanol–water partition coefficient (Wildman–Crippen LogP) is 1.86. The summed E-state index contributed by atoms with van der Waals surface area (Å²) >= 11 is 1.17. The second-order valence-corrected chi connectivity index (χ2v) is 6.20. The number of hydrogen-bond donors (Lipinski definition) is 4. The Morgan fingerprint density at radius 2 is 1.21 bits per heavy atom. The van der Waals surface area contributed by atoms with Crippen LogP contribution in [0.3, 0.4) is 0 Å². The summed E-state index contributed by atoms with van der Waals surface area (Å²) in [5, 5.41) is 55.6. The summed E-state index contributed by atoms with van der Waals surface area (Å²) < 4.78 is 0. The second-order valence-electron chi connectivity index (χ2n) is 5.05. The van der Waals surface area contributed by atoms with Crippen LogP contribution in [0.4, 0.5) is 0 Å². The molecule has 4 N–H and O–H groups in total. The molecule has 7 heteroatoms. The van der Waals surface area contributed by atoms with Crippen LogP contribution in [-0.2, 0) is 0 Å². The maximum absolute atomic E-state index is 9.32. The van der Waals surface area contributed by atoms with Crippen molar-refractivity contribution in [1.29, 1.82) is 10.5 Å². The van der Waals surface area contributed by atoms with Crippen molar-refractivity contribution in [3.63, 3.8) is 0 Å². The minimum atomic E-state index is -1.76. The van der Waals surface area contributed by atoms with E-state index in [2.05, 4.69) is 0 Å². The van der Waals surface area contributed by atoms with Crippen LogP contribution in [-0.4, -0.2) is 20.4 Å². The summed E-state index contributed by atoms with van der Waals surface area (Å²) in [6.45, 7) is 1.69. The van der Waals surface area contributed by atoms with Gasteiger partial charge in [0, 0.05) is 20.9 Å². The Kier molecular flexibility index (Phi) is 5.58. The molecule has 0 saturated carbocycles. The van der Waals surface area contributed by atoms with Crippen LogP contribution in [0.1, 0.15) is 40.4 Å². The highest BCUT2D eigenvalue weighted by molar-refractivity contribution is 7.99. The fraction of sp³-hybridized carbons (Fsp3) is 0.176. The lowest BCUT2D eigenvalue weighted by Crippen LogP contribution is -2.01. The summed E-state index contributed by atoms with van der Waals surface area (Å²) in [6, 6.07) is 11.6. The van der Waals surface area contributed by atoms with Gasteiger partial charge in [0.1, 0.15) is 0 Å². The Morgan fingerprint density at radius 1 is 0.792 bits per heavy atom. The van der Waals surface area contributed by atoms with Gasteiger partial charge in [-0.3, -0.25) is 0 Å². The number of aliphatic hydroxyl groups is 4. The van der Waals surface area contributed by atoms with Crippen molar-refractivity contribution in [3.8, 4) is 12.1 Å². The first-order valence-corrected chi connectivity index (χ1v) is 7.67. The normalized spacial score (nSPS) is 10.7. The summed E-state index contributed by atoms with van der Waals surface area (Å²) in [4.78, 5) is 1.12. The molecule has 0 atom stereocenters. The smallest absolute Gasteiger partial charge is 0.178 e. The van der Waals surface area contributed by atoms with E-state index in [-0.39, 0.29) is 11.1 Å². The molecule has 0 saturated heterocycles. The van der Waals surface area contributed by atoms with Crippen LogP contribution in [0.5, 0.6) is 0 Å². The van der Waals surface area contributed by atoms with Gasteiger partial charge in [-0.1, -0.05) is 11.8 Å². The van der Waals surface area contributed by atoms with Crippen molar-refractivity contribution >= 4 is 11.8 Å². The molecular weight excluding hydrogens is 328 g/mol. The van der Waals surface area contributed by atoms with Gasteiger partial charge in [0.05, 0.1) is 23.3 Å². The highest BCUT2D eigenvalue weighted by Gasteiger charge is 2.13. The van der Waals surface area contributed by atoms with E-state index < -0.39 is 12.6 Å². The Balaban J connectivity index is 2.48. The molecule has 2 aromatic carbocycles. The largest absolute Gasteiger partial charge is 0.364 e. The van der Waals surface area contributed by atoms with Gasteiger partial charge < -0.3 is 20.4 Å². The summed E-state index contributed by atoms with van der Waals surface area (Å²) in [7, 11) is 0. The molecule has 24 heavy (non-hydrogen) atoms. The van der Waals surface area contributed by atoms with E-state index in [0.29, 0.717) is 26.5 Å². The molecule has 0 aromatic heterocycles. The Hall–Kier alpha value is -2.39. The van der Waals surface area contributed by atoms with E-state index in [0.717, 1.165) is 0 Å². The zero-order valence-electron chi connectivity index (χ0n) is 12.6. The maximum Gasteiger partial charge on any atom is 0.178 e. The fourth-order valence-corrected chi connectivity index (χ4v) is 3.13. The molecule has 0 heterocycles. The zero-order chi connectivity index (χ0) is 17.9. The van der Waals surface area contributed by atoms with Crippen LogP contribution < -0.4 is 0 Å². The average molecular weight is 342 g/mol. The minimum Gasteiger partial charge on any atom is -0.364 e. The van der Waals surface area contributed by atoms with Gasteiger partial charge in [0.25, 0.3) is 0 Å². The first kappa shape index (κ1) is 18.0. The standard InChI is InChI=1S/C17H14N2O4S/c1-9-12(7-18)5-15(6-13(9)8-19)24-14-3-10(16(20)21)2-11(4-14)17(22)23/h2-6,16-17,20-23H,1H3. The molecule has 0 aliphatic rings. The van der Waals surface area contributed by atoms with E-state index in [4.69, 9.17) is 10.5 Å². The molecule has 2 aromatic rings. The van der Waals surface area contributed by atoms with Crippen molar-refractivity contribution < 1.29 is 20.4 Å². The van der Waals surface area contributed by atoms with E-state index >= 15 is 0 Å². The summed E-state index contributed by atoms with van der Waals surface area (Å²) in [5.74, 6) is 0. The van der Waals surface area contributed by atoms with Gasteiger partial charge >= 0.3 is 0 Å². The third-order valence-electron chi connectivity index (χ3n) is 3.41. The SMILES string of the molecule is Cc1c(C#N)cc(Sc2cc(C(O)O)cc(C(O)O)c2)cc1C#N. The molecule has 0 amide bonds. The van der Waals surface area contributed by atoms with Crippen LogP contribution in [0.2, 0.25) is 0 Å². The topological polar surface area (TPSA) is 128 Å². The molecule has 0 bridgehead atoms. The highest BCUT2D eigenvalue weighted by atomic mass is 32.2. The Labute approximate surface area is 142 Å². The van der Waals surface area contributed by atoms with Crippen LogP contribution in [0, 0.1) is 29.6 Å². The van der Waals surface area contributed by atoms with Gasteiger partial charge in [-0.15, -0.1) is 0 Å². The molecule has 0 unspecified atom stereocenters. The molecule has 122 valence electrons. The van der Waals surface area contributed by atoms with Crippen molar-refractivity contribution in [2.24, 2.45) is 0 Å². The number of nitriles is 2. The highest BCUT2D eigenvalue weighted by Crippen LogP contribution is 2.33. The van der Waals surface area contributed by atoms with Gasteiger partial charge in [-0.25, -0.2) is 0 Å². The zero-order valence-corrected chi connectivity index (χ0v) is 13.4. The number of hydrogen-bond acceptors (Lipinski definition) is 7. The minimum absolute atomic E-state index is 0.108. The second kappa shape index (κ2) is 7.45. The number of rotatable bonds is 4. The van der Waals surface area contributed by atoms with Gasteiger partial charge in [-0.2, -0.15) is 10.5 Å². The van der Waals surface area contributed by atoms with Crippen LogP contribution in [0.15, 0.2) is 40.1 Å². The molecule has 0 aliphatic carbocycles.